The molecule has 2 aromatic carbocycles. The molecule has 0 unspecified atom stereocenters. The van der Waals surface area contributed by atoms with E-state index in [1.54, 1.807) is 18.2 Å². The average Bonchev–Trinajstić information content (AvgIpc) is 3.11. The Kier molecular flexibility index (Phi) is 6.13. The van der Waals surface area contributed by atoms with E-state index < -0.39 is 10.0 Å². The van der Waals surface area contributed by atoms with Crippen LogP contribution in [0.5, 0.6) is 0 Å². The highest BCUT2D eigenvalue weighted by Gasteiger charge is 2.19. The summed E-state index contributed by atoms with van der Waals surface area (Å²) in [6.45, 7) is 1.89. The van der Waals surface area contributed by atoms with E-state index in [1.807, 2.05) is 42.8 Å². The number of hydrogen-bond donors (Lipinski definition) is 0. The van der Waals surface area contributed by atoms with Crippen LogP contribution >= 0.6 is 0 Å². The normalized spacial score (nSPS) is 12.0. The highest BCUT2D eigenvalue weighted by Crippen LogP contribution is 2.22. The standard InChI is InChI=1S/C23H25N5O4S/c1-15-20(25-18-8-6-5-7-17(18)24-15)14-32-23(29)12-11-22-26-19-13-16(33(30,31)27(2)3)9-10-21(19)28(22)4/h5-10,13H,11-12,14H2,1-4H3. The first-order chi connectivity index (χ1) is 15.7. The van der Waals surface area contributed by atoms with E-state index in [2.05, 4.69) is 15.0 Å². The second-order valence-electron chi connectivity index (χ2n) is 7.93. The number of imidazole rings is 1. The number of carbonyl (C=O) groups is 1. The third-order valence-corrected chi connectivity index (χ3v) is 7.30. The lowest BCUT2D eigenvalue weighted by molar-refractivity contribution is -0.145. The summed E-state index contributed by atoms with van der Waals surface area (Å²) < 4.78 is 33.2. The molecule has 0 saturated carbocycles. The van der Waals surface area contributed by atoms with Crippen LogP contribution in [-0.2, 0) is 39.6 Å². The fourth-order valence-electron chi connectivity index (χ4n) is 3.52. The zero-order chi connectivity index (χ0) is 23.8. The molecule has 0 aliphatic heterocycles. The van der Waals surface area contributed by atoms with Gasteiger partial charge in [-0.1, -0.05) is 12.1 Å². The maximum atomic E-state index is 12.4. The summed E-state index contributed by atoms with van der Waals surface area (Å²) >= 11 is 0. The van der Waals surface area contributed by atoms with Gasteiger partial charge in [0.1, 0.15) is 12.4 Å². The number of nitrogens with zero attached hydrogens (tertiary/aromatic N) is 5. The van der Waals surface area contributed by atoms with Gasteiger partial charge in [0.25, 0.3) is 0 Å². The molecule has 2 aromatic heterocycles. The molecule has 0 fully saturated rings. The van der Waals surface area contributed by atoms with Crippen LogP contribution in [0.25, 0.3) is 22.1 Å². The molecular formula is C23H25N5O4S. The van der Waals surface area contributed by atoms with Gasteiger partial charge < -0.3 is 9.30 Å². The van der Waals surface area contributed by atoms with E-state index >= 15 is 0 Å². The fourth-order valence-corrected chi connectivity index (χ4v) is 4.44. The molecule has 0 aliphatic carbocycles. The van der Waals surface area contributed by atoms with Crippen LogP contribution in [0.3, 0.4) is 0 Å². The van der Waals surface area contributed by atoms with Crippen LogP contribution in [0.15, 0.2) is 47.4 Å². The van der Waals surface area contributed by atoms with Crippen LogP contribution in [0, 0.1) is 6.92 Å². The molecule has 0 N–H and O–H groups in total. The number of sulfonamides is 1. The van der Waals surface area contributed by atoms with Crippen molar-refractivity contribution in [2.45, 2.75) is 31.3 Å². The number of benzene rings is 2. The number of carbonyl (C=O) groups excluding carboxylic acids is 1. The number of para-hydroxylation sites is 2. The topological polar surface area (TPSA) is 107 Å². The molecule has 9 nitrogen and oxygen atoms in total. The van der Waals surface area contributed by atoms with Crippen molar-refractivity contribution in [3.8, 4) is 0 Å². The van der Waals surface area contributed by atoms with E-state index in [9.17, 15) is 13.2 Å². The zero-order valence-corrected chi connectivity index (χ0v) is 19.8. The SMILES string of the molecule is Cc1nc2ccccc2nc1COC(=O)CCc1nc2cc(S(=O)(=O)N(C)C)ccc2n1C. The van der Waals surface area contributed by atoms with E-state index in [0.717, 1.165) is 26.5 Å². The molecule has 0 aliphatic rings. The minimum atomic E-state index is -3.55. The number of esters is 1. The molecule has 4 aromatic rings. The van der Waals surface area contributed by atoms with Gasteiger partial charge in [-0.25, -0.2) is 27.7 Å². The van der Waals surface area contributed by atoms with E-state index in [4.69, 9.17) is 4.74 Å². The molecular weight excluding hydrogens is 442 g/mol. The van der Waals surface area contributed by atoms with Gasteiger partial charge in [-0.3, -0.25) is 4.79 Å². The second-order valence-corrected chi connectivity index (χ2v) is 10.1. The van der Waals surface area contributed by atoms with Gasteiger partial charge in [-0.15, -0.1) is 0 Å². The minimum absolute atomic E-state index is 0.0524. The molecule has 10 heteroatoms. The molecule has 4 rings (SSSR count). The summed E-state index contributed by atoms with van der Waals surface area (Å²) in [5, 5.41) is 0. The molecule has 33 heavy (non-hydrogen) atoms. The third kappa shape index (κ3) is 4.57. The largest absolute Gasteiger partial charge is 0.459 e. The molecule has 0 bridgehead atoms. The van der Waals surface area contributed by atoms with Crippen LogP contribution in [0.4, 0.5) is 0 Å². The van der Waals surface area contributed by atoms with Gasteiger partial charge in [0.05, 0.1) is 44.8 Å². The molecule has 0 radical (unpaired) electrons. The van der Waals surface area contributed by atoms with Crippen molar-refractivity contribution < 1.29 is 17.9 Å². The number of fused-ring (bicyclic) bond motifs is 2. The summed E-state index contributed by atoms with van der Waals surface area (Å²) in [5.41, 5.74) is 4.25. The maximum absolute atomic E-state index is 12.4. The highest BCUT2D eigenvalue weighted by atomic mass is 32.2. The van der Waals surface area contributed by atoms with Crippen molar-refractivity contribution in [1.82, 2.24) is 23.8 Å². The number of rotatable bonds is 7. The first-order valence-electron chi connectivity index (χ1n) is 10.4. The second kappa shape index (κ2) is 8.87. The summed E-state index contributed by atoms with van der Waals surface area (Å²) in [6.07, 6.45) is 0.502. The van der Waals surface area contributed by atoms with Crippen molar-refractivity contribution in [1.29, 1.82) is 0 Å². The quantitative estimate of drug-likeness (QED) is 0.385. The lowest BCUT2D eigenvalue weighted by atomic mass is 10.2. The van der Waals surface area contributed by atoms with Crippen LogP contribution in [-0.4, -0.2) is 52.3 Å². The van der Waals surface area contributed by atoms with Gasteiger partial charge in [0.15, 0.2) is 0 Å². The summed E-state index contributed by atoms with van der Waals surface area (Å²) in [4.78, 5) is 26.1. The van der Waals surface area contributed by atoms with Crippen LogP contribution in [0.1, 0.15) is 23.6 Å². The number of aromatic nitrogens is 4. The summed E-state index contributed by atoms with van der Waals surface area (Å²) in [7, 11) is 1.26. The lowest BCUT2D eigenvalue weighted by Gasteiger charge is -2.10. The minimum Gasteiger partial charge on any atom is -0.459 e. The first kappa shape index (κ1) is 22.8. The maximum Gasteiger partial charge on any atom is 0.306 e. The Bertz CT molecular complexity index is 1460. The van der Waals surface area contributed by atoms with Crippen molar-refractivity contribution in [2.24, 2.45) is 7.05 Å². The van der Waals surface area contributed by atoms with Crippen molar-refractivity contribution in [3.63, 3.8) is 0 Å². The van der Waals surface area contributed by atoms with Crippen molar-refractivity contribution in [3.05, 3.63) is 59.7 Å². The summed E-state index contributed by atoms with van der Waals surface area (Å²) in [6, 6.07) is 12.4. The zero-order valence-electron chi connectivity index (χ0n) is 18.9. The molecule has 0 saturated heterocycles. The number of aryl methyl sites for hydroxylation is 3. The van der Waals surface area contributed by atoms with E-state index in [0.29, 0.717) is 23.5 Å². The summed E-state index contributed by atoms with van der Waals surface area (Å²) in [5.74, 6) is 0.301. The smallest absolute Gasteiger partial charge is 0.306 e. The highest BCUT2D eigenvalue weighted by molar-refractivity contribution is 7.89. The van der Waals surface area contributed by atoms with E-state index in [-0.39, 0.29) is 23.9 Å². The van der Waals surface area contributed by atoms with Gasteiger partial charge in [0.2, 0.25) is 10.0 Å². The fraction of sp³-hybridized carbons (Fsp3) is 0.304. The van der Waals surface area contributed by atoms with Crippen molar-refractivity contribution >= 4 is 38.1 Å². The molecule has 2 heterocycles. The monoisotopic (exact) mass is 467 g/mol. The Morgan fingerprint density at radius 1 is 1.03 bits per heavy atom. The lowest BCUT2D eigenvalue weighted by Crippen LogP contribution is -2.22. The van der Waals surface area contributed by atoms with Gasteiger partial charge in [-0.05, 0) is 37.3 Å². The molecule has 172 valence electrons. The van der Waals surface area contributed by atoms with Crippen LogP contribution in [0.2, 0.25) is 0 Å². The Balaban J connectivity index is 1.43. The molecule has 0 spiro atoms. The average molecular weight is 468 g/mol. The Hall–Kier alpha value is -3.37. The predicted octanol–water partition coefficient (Wildman–Crippen LogP) is 2.75. The first-order valence-corrected chi connectivity index (χ1v) is 11.9. The van der Waals surface area contributed by atoms with E-state index in [1.165, 1.54) is 14.1 Å². The Labute approximate surface area is 192 Å². The van der Waals surface area contributed by atoms with Crippen molar-refractivity contribution in [2.75, 3.05) is 14.1 Å². The van der Waals surface area contributed by atoms with Gasteiger partial charge in [-0.2, -0.15) is 0 Å². The Morgan fingerprint density at radius 2 is 1.73 bits per heavy atom. The Morgan fingerprint density at radius 3 is 2.42 bits per heavy atom. The number of ether oxygens (including phenoxy) is 1. The molecule has 0 atom stereocenters. The van der Waals surface area contributed by atoms with Crippen LogP contribution < -0.4 is 0 Å². The third-order valence-electron chi connectivity index (χ3n) is 5.49. The predicted molar refractivity (Wildman–Crippen MR) is 124 cm³/mol. The van der Waals surface area contributed by atoms with Gasteiger partial charge in [0, 0.05) is 27.6 Å². The van der Waals surface area contributed by atoms with Gasteiger partial charge >= 0.3 is 5.97 Å². The molecule has 0 amide bonds. The number of hydrogen-bond acceptors (Lipinski definition) is 7.